The van der Waals surface area contributed by atoms with E-state index in [1.165, 1.54) is 44.5 Å². The lowest BCUT2D eigenvalue weighted by Crippen LogP contribution is -2.05. The van der Waals surface area contributed by atoms with Gasteiger partial charge in [0.15, 0.2) is 0 Å². The van der Waals surface area contributed by atoms with Crippen LogP contribution in [0, 0.1) is 66.7 Å². The Morgan fingerprint density at radius 2 is 0.611 bits per heavy atom. The molecular formula is C68H54N4. The Labute approximate surface area is 421 Å². The summed E-state index contributed by atoms with van der Waals surface area (Å²) >= 11 is 0. The zero-order valence-electron chi connectivity index (χ0n) is 42.1. The zero-order valence-corrected chi connectivity index (χ0v) is 42.1. The van der Waals surface area contributed by atoms with Crippen molar-refractivity contribution in [3.63, 3.8) is 0 Å². The highest BCUT2D eigenvalue weighted by Gasteiger charge is 2.24. The number of pyridine rings is 1. The monoisotopic (exact) mass is 926 g/mol. The van der Waals surface area contributed by atoms with Crippen molar-refractivity contribution in [1.82, 2.24) is 14.1 Å². The van der Waals surface area contributed by atoms with Gasteiger partial charge in [0.1, 0.15) is 11.6 Å². The Morgan fingerprint density at radius 1 is 0.319 bits per heavy atom. The Kier molecular flexibility index (Phi) is 10.7. The van der Waals surface area contributed by atoms with E-state index >= 15 is 0 Å². The number of hydrogen-bond donors (Lipinski definition) is 0. The largest absolute Gasteiger partial charge is 0.308 e. The molecule has 0 aliphatic heterocycles. The van der Waals surface area contributed by atoms with E-state index in [0.29, 0.717) is 5.56 Å². The average Bonchev–Trinajstić information content (AvgIpc) is 3.86. The second-order valence-electron chi connectivity index (χ2n) is 20.3. The average molecular weight is 927 g/mol. The normalized spacial score (nSPS) is 11.6. The third-order valence-electron chi connectivity index (χ3n) is 14.4. The van der Waals surface area contributed by atoms with Crippen LogP contribution >= 0.6 is 0 Å². The summed E-state index contributed by atoms with van der Waals surface area (Å²) in [7, 11) is 0. The molecule has 72 heavy (non-hydrogen) atoms. The van der Waals surface area contributed by atoms with E-state index in [-0.39, 0.29) is 0 Å². The quantitative estimate of drug-likeness (QED) is 0.160. The third-order valence-corrected chi connectivity index (χ3v) is 14.4. The summed E-state index contributed by atoms with van der Waals surface area (Å²) in [6.45, 7) is 17.3. The molecular weight excluding hydrogens is 873 g/mol. The van der Waals surface area contributed by atoms with Crippen LogP contribution in [-0.4, -0.2) is 14.1 Å². The second-order valence-corrected chi connectivity index (χ2v) is 20.3. The number of aryl methyl sites for hydroxylation is 8. The Bertz CT molecular complexity index is 3700. The van der Waals surface area contributed by atoms with E-state index in [0.717, 1.165) is 111 Å². The second kappa shape index (κ2) is 17.3. The van der Waals surface area contributed by atoms with E-state index in [4.69, 9.17) is 0 Å². The molecule has 0 bridgehead atoms. The molecule has 0 saturated heterocycles. The van der Waals surface area contributed by atoms with Crippen molar-refractivity contribution < 1.29 is 0 Å². The molecule has 0 aliphatic carbocycles. The highest BCUT2D eigenvalue weighted by Crippen LogP contribution is 2.44. The number of benzene rings is 9. The zero-order chi connectivity index (χ0) is 49.5. The molecule has 0 fully saturated rings. The molecule has 4 heteroatoms. The van der Waals surface area contributed by atoms with E-state index in [9.17, 15) is 5.26 Å². The van der Waals surface area contributed by atoms with Crippen LogP contribution in [0.15, 0.2) is 182 Å². The van der Waals surface area contributed by atoms with Gasteiger partial charge in [-0.3, -0.25) is 4.98 Å². The molecule has 0 spiro atoms. The summed E-state index contributed by atoms with van der Waals surface area (Å²) in [6, 6.07) is 65.8. The number of fused-ring (bicyclic) bond motifs is 6. The summed E-state index contributed by atoms with van der Waals surface area (Å²) in [5, 5.41) is 16.5. The first-order valence-electron chi connectivity index (χ1n) is 24.9. The first-order chi connectivity index (χ1) is 34.8. The first-order valence-corrected chi connectivity index (χ1v) is 24.9. The third kappa shape index (κ3) is 7.75. The highest BCUT2D eigenvalue weighted by atomic mass is 15.0. The van der Waals surface area contributed by atoms with E-state index in [2.05, 4.69) is 239 Å². The van der Waals surface area contributed by atoms with Crippen LogP contribution in [0.5, 0.6) is 0 Å². The number of nitriles is 1. The van der Waals surface area contributed by atoms with Crippen LogP contribution in [0.3, 0.4) is 0 Å². The van der Waals surface area contributed by atoms with Gasteiger partial charge in [-0.2, -0.15) is 5.26 Å². The molecule has 9 aromatic carbocycles. The maximum atomic E-state index is 12.0. The van der Waals surface area contributed by atoms with Crippen molar-refractivity contribution >= 4 is 43.6 Å². The van der Waals surface area contributed by atoms with Crippen LogP contribution in [0.1, 0.15) is 50.1 Å². The van der Waals surface area contributed by atoms with Gasteiger partial charge in [0, 0.05) is 39.5 Å². The van der Waals surface area contributed by atoms with Gasteiger partial charge in [-0.05, 0) is 148 Å². The van der Waals surface area contributed by atoms with Crippen LogP contribution < -0.4 is 0 Å². The maximum Gasteiger partial charge on any atom is 0.104 e. The fraction of sp³-hybridized carbons (Fsp3) is 0.118. The Morgan fingerprint density at radius 3 is 0.875 bits per heavy atom. The predicted octanol–water partition coefficient (Wildman–Crippen LogP) is 17.9. The Balaban J connectivity index is 1.23. The van der Waals surface area contributed by atoms with Gasteiger partial charge < -0.3 is 9.13 Å². The lowest BCUT2D eigenvalue weighted by molar-refractivity contribution is 1.12. The molecule has 0 saturated carbocycles. The van der Waals surface area contributed by atoms with E-state index in [1.54, 1.807) is 0 Å². The summed E-state index contributed by atoms with van der Waals surface area (Å²) in [4.78, 5) is 4.65. The van der Waals surface area contributed by atoms with Crippen molar-refractivity contribution in [2.24, 2.45) is 0 Å². The minimum Gasteiger partial charge on any atom is -0.308 e. The van der Waals surface area contributed by atoms with E-state index < -0.39 is 0 Å². The standard InChI is InChI=1S/C68H54N4/c1-40-20-41(2)25-53(24-40)48-11-15-58-59-16-12-49(54-26-42(3)21-43(4)27-54)33-64(59)71(63(58)32-48)67-36-57(52-10-9-19-70-39-52)37-68(62(67)38-69)72-65-34-50(55-28-44(5)22-45(6)29-55)13-17-60(65)61-18-14-51(35-66(61)72)56-30-46(7)23-47(8)31-56/h9-37,39H,1-8H3. The molecule has 12 aromatic rings. The molecule has 3 heterocycles. The molecule has 0 radical (unpaired) electrons. The predicted molar refractivity (Wildman–Crippen MR) is 303 cm³/mol. The summed E-state index contributed by atoms with van der Waals surface area (Å²) in [5.41, 5.74) is 27.1. The van der Waals surface area contributed by atoms with Crippen LogP contribution in [0.4, 0.5) is 0 Å². The van der Waals surface area contributed by atoms with Gasteiger partial charge in [-0.1, -0.05) is 172 Å². The maximum absolute atomic E-state index is 12.0. The molecule has 0 unspecified atom stereocenters. The molecule has 346 valence electrons. The summed E-state index contributed by atoms with van der Waals surface area (Å²) in [6.07, 6.45) is 3.75. The summed E-state index contributed by atoms with van der Waals surface area (Å²) < 4.78 is 4.72. The molecule has 0 amide bonds. The fourth-order valence-corrected chi connectivity index (χ4v) is 11.6. The molecule has 0 atom stereocenters. The Hall–Kier alpha value is -8.78. The number of nitrogens with zero attached hydrogens (tertiary/aromatic N) is 4. The van der Waals surface area contributed by atoms with Crippen molar-refractivity contribution in [3.8, 4) is 73.1 Å². The van der Waals surface area contributed by atoms with E-state index in [1.807, 2.05) is 18.5 Å². The summed E-state index contributed by atoms with van der Waals surface area (Å²) in [5.74, 6) is 0. The number of hydrogen-bond acceptors (Lipinski definition) is 2. The van der Waals surface area contributed by atoms with Crippen LogP contribution in [-0.2, 0) is 0 Å². The SMILES string of the molecule is Cc1cc(C)cc(-c2ccc3c4ccc(-c5cc(C)cc(C)c5)cc4n(-c4cc(-c5cccnc5)cc(-n5c6cc(-c7cc(C)cc(C)c7)ccc6c6ccc(-c7cc(C)cc(C)c7)cc65)c4C#N)c3c2)c1. The molecule has 3 aromatic heterocycles. The van der Waals surface area contributed by atoms with Gasteiger partial charge >= 0.3 is 0 Å². The smallest absolute Gasteiger partial charge is 0.104 e. The fourth-order valence-electron chi connectivity index (χ4n) is 11.6. The van der Waals surface area contributed by atoms with Gasteiger partial charge in [-0.25, -0.2) is 0 Å². The minimum absolute atomic E-state index is 0.572. The minimum atomic E-state index is 0.572. The van der Waals surface area contributed by atoms with Gasteiger partial charge in [-0.15, -0.1) is 0 Å². The van der Waals surface area contributed by atoms with Gasteiger partial charge in [0.25, 0.3) is 0 Å². The highest BCUT2D eigenvalue weighted by molar-refractivity contribution is 6.13. The van der Waals surface area contributed by atoms with Crippen LogP contribution in [0.25, 0.3) is 111 Å². The van der Waals surface area contributed by atoms with Crippen molar-refractivity contribution in [2.75, 3.05) is 0 Å². The molecule has 12 rings (SSSR count). The van der Waals surface area contributed by atoms with Crippen molar-refractivity contribution in [2.45, 2.75) is 55.4 Å². The lowest BCUT2D eigenvalue weighted by Gasteiger charge is -2.19. The topological polar surface area (TPSA) is 46.5 Å². The molecule has 4 nitrogen and oxygen atoms in total. The lowest BCUT2D eigenvalue weighted by atomic mass is 9.98. The number of rotatable bonds is 7. The molecule has 0 N–H and O–H groups in total. The first kappa shape index (κ1) is 44.4. The van der Waals surface area contributed by atoms with Gasteiger partial charge in [0.2, 0.25) is 0 Å². The van der Waals surface area contributed by atoms with Crippen molar-refractivity contribution in [3.05, 3.63) is 232 Å². The van der Waals surface area contributed by atoms with Crippen LogP contribution in [0.2, 0.25) is 0 Å². The number of aromatic nitrogens is 3. The van der Waals surface area contributed by atoms with Crippen molar-refractivity contribution in [1.29, 1.82) is 5.26 Å². The van der Waals surface area contributed by atoms with Gasteiger partial charge in [0.05, 0.1) is 33.4 Å². The molecule has 0 aliphatic rings.